The third kappa shape index (κ3) is 4.29. The molecule has 0 fully saturated rings. The van der Waals surface area contributed by atoms with Gasteiger partial charge in [-0.3, -0.25) is 4.79 Å². The standard InChI is InChI=1S/C15H20N2O2/c1-4-11(2)17-15(18)9-12(10-16)13-7-5-6-8-14(13)19-3/h5-8,11-12H,4,9H2,1-3H3,(H,17,18). The van der Waals surface area contributed by atoms with E-state index in [4.69, 9.17) is 4.74 Å². The molecule has 1 amide bonds. The second-order valence-corrected chi connectivity index (χ2v) is 4.50. The van der Waals surface area contributed by atoms with Gasteiger partial charge in [-0.15, -0.1) is 0 Å². The van der Waals surface area contributed by atoms with Crippen LogP contribution in [0.3, 0.4) is 0 Å². The first-order valence-electron chi connectivity index (χ1n) is 6.44. The number of amides is 1. The summed E-state index contributed by atoms with van der Waals surface area (Å²) in [7, 11) is 1.56. The van der Waals surface area contributed by atoms with Gasteiger partial charge in [0.2, 0.25) is 5.91 Å². The van der Waals surface area contributed by atoms with E-state index in [1.54, 1.807) is 13.2 Å². The molecule has 19 heavy (non-hydrogen) atoms. The molecule has 0 saturated carbocycles. The summed E-state index contributed by atoms with van der Waals surface area (Å²) in [6.45, 7) is 3.95. The summed E-state index contributed by atoms with van der Waals surface area (Å²) in [6, 6.07) is 9.61. The minimum Gasteiger partial charge on any atom is -0.496 e. The fourth-order valence-electron chi connectivity index (χ4n) is 1.80. The first-order valence-corrected chi connectivity index (χ1v) is 6.44. The maximum absolute atomic E-state index is 11.9. The molecule has 0 spiro atoms. The Morgan fingerprint density at radius 2 is 2.16 bits per heavy atom. The molecule has 2 unspecified atom stereocenters. The van der Waals surface area contributed by atoms with E-state index in [1.807, 2.05) is 32.0 Å². The lowest BCUT2D eigenvalue weighted by Crippen LogP contribution is -2.32. The summed E-state index contributed by atoms with van der Waals surface area (Å²) >= 11 is 0. The van der Waals surface area contributed by atoms with Crippen molar-refractivity contribution in [3.63, 3.8) is 0 Å². The number of nitrogens with zero attached hydrogens (tertiary/aromatic N) is 1. The molecule has 0 heterocycles. The normalized spacial score (nSPS) is 13.2. The van der Waals surface area contributed by atoms with E-state index in [-0.39, 0.29) is 18.4 Å². The van der Waals surface area contributed by atoms with E-state index in [1.165, 1.54) is 0 Å². The molecule has 1 N–H and O–H groups in total. The number of nitrogens with one attached hydrogen (secondary N) is 1. The van der Waals surface area contributed by atoms with Crippen molar-refractivity contribution >= 4 is 5.91 Å². The number of nitriles is 1. The highest BCUT2D eigenvalue weighted by Gasteiger charge is 2.19. The zero-order chi connectivity index (χ0) is 14.3. The van der Waals surface area contributed by atoms with Crippen LogP contribution in [0.1, 0.15) is 38.2 Å². The lowest BCUT2D eigenvalue weighted by molar-refractivity contribution is -0.121. The fourth-order valence-corrected chi connectivity index (χ4v) is 1.80. The molecule has 0 aliphatic heterocycles. The number of ether oxygens (including phenoxy) is 1. The highest BCUT2D eigenvalue weighted by atomic mass is 16.5. The molecule has 1 aromatic carbocycles. The molecule has 4 nitrogen and oxygen atoms in total. The third-order valence-corrected chi connectivity index (χ3v) is 3.08. The number of carbonyl (C=O) groups is 1. The average molecular weight is 260 g/mol. The molecule has 0 aliphatic rings. The zero-order valence-electron chi connectivity index (χ0n) is 11.6. The van der Waals surface area contributed by atoms with Gasteiger partial charge in [-0.2, -0.15) is 5.26 Å². The predicted octanol–water partition coefficient (Wildman–Crippen LogP) is 2.61. The number of hydrogen-bond acceptors (Lipinski definition) is 3. The van der Waals surface area contributed by atoms with E-state index >= 15 is 0 Å². The quantitative estimate of drug-likeness (QED) is 0.855. The number of hydrogen-bond donors (Lipinski definition) is 1. The average Bonchev–Trinajstić information content (AvgIpc) is 2.44. The molecule has 1 rings (SSSR count). The van der Waals surface area contributed by atoms with Crippen LogP contribution in [-0.4, -0.2) is 19.1 Å². The van der Waals surface area contributed by atoms with E-state index < -0.39 is 5.92 Å². The van der Waals surface area contributed by atoms with Gasteiger partial charge in [-0.05, 0) is 19.4 Å². The second-order valence-electron chi connectivity index (χ2n) is 4.50. The van der Waals surface area contributed by atoms with Gasteiger partial charge in [-0.25, -0.2) is 0 Å². The smallest absolute Gasteiger partial charge is 0.221 e. The Kier molecular flexibility index (Phi) is 5.87. The number of carbonyl (C=O) groups excluding carboxylic acids is 1. The Morgan fingerprint density at radius 3 is 2.74 bits per heavy atom. The third-order valence-electron chi connectivity index (χ3n) is 3.08. The van der Waals surface area contributed by atoms with Crippen LogP contribution in [0, 0.1) is 11.3 Å². The lowest BCUT2D eigenvalue weighted by Gasteiger charge is -2.15. The van der Waals surface area contributed by atoms with Gasteiger partial charge in [0.25, 0.3) is 0 Å². The first-order chi connectivity index (χ1) is 9.12. The Labute approximate surface area is 114 Å². The summed E-state index contributed by atoms with van der Waals surface area (Å²) < 4.78 is 5.23. The van der Waals surface area contributed by atoms with Crippen LogP contribution in [0.15, 0.2) is 24.3 Å². The molecule has 102 valence electrons. The Bertz CT molecular complexity index is 465. The molecule has 4 heteroatoms. The van der Waals surface area contributed by atoms with Crippen molar-refractivity contribution in [3.8, 4) is 11.8 Å². The highest BCUT2D eigenvalue weighted by Crippen LogP contribution is 2.28. The van der Waals surface area contributed by atoms with Crippen LogP contribution in [0.25, 0.3) is 0 Å². The Balaban J connectivity index is 2.79. The summed E-state index contributed by atoms with van der Waals surface area (Å²) in [5, 5.41) is 12.1. The van der Waals surface area contributed by atoms with Crippen LogP contribution in [0.2, 0.25) is 0 Å². The van der Waals surface area contributed by atoms with E-state index in [0.717, 1.165) is 12.0 Å². The topological polar surface area (TPSA) is 62.1 Å². The number of para-hydroxylation sites is 1. The molecule has 2 atom stereocenters. The minimum absolute atomic E-state index is 0.105. The minimum atomic E-state index is -0.486. The van der Waals surface area contributed by atoms with Gasteiger partial charge in [0.15, 0.2) is 0 Å². The molecule has 0 saturated heterocycles. The maximum Gasteiger partial charge on any atom is 0.221 e. The summed E-state index contributed by atoms with van der Waals surface area (Å²) in [6.07, 6.45) is 1.03. The molecular formula is C15H20N2O2. The van der Waals surface area contributed by atoms with Crippen LogP contribution in [0.5, 0.6) is 5.75 Å². The summed E-state index contributed by atoms with van der Waals surface area (Å²) in [5.41, 5.74) is 0.756. The monoisotopic (exact) mass is 260 g/mol. The van der Waals surface area contributed by atoms with Gasteiger partial charge >= 0.3 is 0 Å². The number of benzene rings is 1. The van der Waals surface area contributed by atoms with Crippen molar-refractivity contribution in [2.75, 3.05) is 7.11 Å². The summed E-state index contributed by atoms with van der Waals surface area (Å²) in [5.74, 6) is 0.0532. The van der Waals surface area contributed by atoms with Crippen molar-refractivity contribution < 1.29 is 9.53 Å². The summed E-state index contributed by atoms with van der Waals surface area (Å²) in [4.78, 5) is 11.9. The SMILES string of the molecule is CCC(C)NC(=O)CC(C#N)c1ccccc1OC. The van der Waals surface area contributed by atoms with Crippen molar-refractivity contribution in [1.29, 1.82) is 5.26 Å². The molecule has 0 aliphatic carbocycles. The highest BCUT2D eigenvalue weighted by molar-refractivity contribution is 5.77. The zero-order valence-corrected chi connectivity index (χ0v) is 11.6. The molecule has 1 aromatic rings. The van der Waals surface area contributed by atoms with Crippen LogP contribution in [0.4, 0.5) is 0 Å². The Hall–Kier alpha value is -2.02. The van der Waals surface area contributed by atoms with Crippen LogP contribution >= 0.6 is 0 Å². The van der Waals surface area contributed by atoms with Gasteiger partial charge in [0, 0.05) is 18.0 Å². The molecule has 0 aromatic heterocycles. The Morgan fingerprint density at radius 1 is 1.47 bits per heavy atom. The van der Waals surface area contributed by atoms with Crippen LogP contribution < -0.4 is 10.1 Å². The predicted molar refractivity (Wildman–Crippen MR) is 73.9 cm³/mol. The molecule has 0 radical (unpaired) electrons. The van der Waals surface area contributed by atoms with E-state index in [2.05, 4.69) is 11.4 Å². The molecular weight excluding hydrogens is 240 g/mol. The number of rotatable bonds is 6. The van der Waals surface area contributed by atoms with Crippen molar-refractivity contribution in [2.45, 2.75) is 38.6 Å². The van der Waals surface area contributed by atoms with Gasteiger partial charge in [-0.1, -0.05) is 25.1 Å². The van der Waals surface area contributed by atoms with Crippen molar-refractivity contribution in [3.05, 3.63) is 29.8 Å². The van der Waals surface area contributed by atoms with Crippen molar-refractivity contribution in [1.82, 2.24) is 5.32 Å². The van der Waals surface area contributed by atoms with Gasteiger partial charge in [0.05, 0.1) is 19.1 Å². The fraction of sp³-hybridized carbons (Fsp3) is 0.467. The van der Waals surface area contributed by atoms with Gasteiger partial charge in [0.1, 0.15) is 5.75 Å². The molecule has 0 bridgehead atoms. The van der Waals surface area contributed by atoms with Crippen molar-refractivity contribution in [2.24, 2.45) is 0 Å². The van der Waals surface area contributed by atoms with E-state index in [9.17, 15) is 10.1 Å². The van der Waals surface area contributed by atoms with E-state index in [0.29, 0.717) is 5.75 Å². The lowest BCUT2D eigenvalue weighted by atomic mass is 9.95. The maximum atomic E-state index is 11.9. The second kappa shape index (κ2) is 7.42. The first kappa shape index (κ1) is 15.0. The van der Waals surface area contributed by atoms with Crippen LogP contribution in [-0.2, 0) is 4.79 Å². The van der Waals surface area contributed by atoms with Gasteiger partial charge < -0.3 is 10.1 Å². The largest absolute Gasteiger partial charge is 0.496 e. The number of methoxy groups -OCH3 is 1.